The number of carbonyl (C=O) groups is 1. The molecule has 2 aromatic heterocycles. The van der Waals surface area contributed by atoms with E-state index in [9.17, 15) is 14.7 Å². The van der Waals surface area contributed by atoms with E-state index in [1.165, 1.54) is 28.8 Å². The van der Waals surface area contributed by atoms with Crippen LogP contribution in [0.5, 0.6) is 0 Å². The van der Waals surface area contributed by atoms with Gasteiger partial charge in [0.2, 0.25) is 0 Å². The highest BCUT2D eigenvalue weighted by molar-refractivity contribution is 5.88. The minimum Gasteiger partial charge on any atom is -0.478 e. The molecule has 1 aliphatic heterocycles. The van der Waals surface area contributed by atoms with E-state index in [2.05, 4.69) is 56.3 Å². The second-order valence-corrected chi connectivity index (χ2v) is 10.3. The van der Waals surface area contributed by atoms with Crippen molar-refractivity contribution >= 4 is 17.6 Å². The summed E-state index contributed by atoms with van der Waals surface area (Å²) in [6.45, 7) is 19.7. The third-order valence-electron chi connectivity index (χ3n) is 6.77. The number of carboxylic acids is 1. The molecule has 0 aliphatic carbocycles. The maximum absolute atomic E-state index is 12.0. The molecule has 0 saturated heterocycles. The summed E-state index contributed by atoms with van der Waals surface area (Å²) in [5.74, 6) is -0.345. The van der Waals surface area contributed by atoms with Gasteiger partial charge < -0.3 is 10.0 Å². The van der Waals surface area contributed by atoms with E-state index in [4.69, 9.17) is 4.98 Å². The molecule has 1 aliphatic rings. The van der Waals surface area contributed by atoms with Crippen LogP contribution in [0.2, 0.25) is 0 Å². The zero-order chi connectivity index (χ0) is 30.0. The third kappa shape index (κ3) is 8.50. The minimum absolute atomic E-state index is 0.106. The summed E-state index contributed by atoms with van der Waals surface area (Å²) in [4.78, 5) is 34.7. The van der Waals surface area contributed by atoms with Crippen molar-refractivity contribution in [2.45, 2.75) is 74.3 Å². The molecule has 2 aromatic rings. The summed E-state index contributed by atoms with van der Waals surface area (Å²) < 4.78 is 1.51. The van der Waals surface area contributed by atoms with E-state index in [1.807, 2.05) is 26.1 Å². The number of carboxylic acid groups (broad SMARTS) is 1. The van der Waals surface area contributed by atoms with Crippen LogP contribution < -0.4 is 5.56 Å². The molecule has 7 nitrogen and oxygen atoms in total. The normalized spacial score (nSPS) is 14.6. The molecule has 1 N–H and O–H groups in total. The highest BCUT2D eigenvalue weighted by atomic mass is 16.4. The van der Waals surface area contributed by atoms with Gasteiger partial charge in [-0.15, -0.1) is 0 Å². The van der Waals surface area contributed by atoms with Gasteiger partial charge in [0.1, 0.15) is 5.82 Å². The van der Waals surface area contributed by atoms with Gasteiger partial charge in [-0.25, -0.2) is 9.78 Å². The number of rotatable bonds is 8. The van der Waals surface area contributed by atoms with Crippen molar-refractivity contribution in [3.05, 3.63) is 104 Å². The van der Waals surface area contributed by atoms with Gasteiger partial charge in [-0.1, -0.05) is 45.4 Å². The van der Waals surface area contributed by atoms with Crippen LogP contribution in [0.15, 0.2) is 76.0 Å². The van der Waals surface area contributed by atoms with E-state index in [-0.39, 0.29) is 5.56 Å². The Kier molecular flexibility index (Phi) is 12.1. The number of pyridine rings is 1. The Bertz CT molecular complexity index is 1420. The number of nitrogens with zero attached hydrogens (tertiary/aromatic N) is 4. The number of aliphatic carboxylic acids is 1. The molecule has 3 rings (SSSR count). The number of hydrogen-bond acceptors (Lipinski definition) is 5. The van der Waals surface area contributed by atoms with E-state index in [1.54, 1.807) is 20.0 Å². The number of allylic oxidation sites excluding steroid dienone is 6. The Balaban J connectivity index is 0.00000178. The molecular formula is C33H44N4O3. The average molecular weight is 545 g/mol. The molecule has 0 radical (unpaired) electrons. The van der Waals surface area contributed by atoms with Crippen molar-refractivity contribution < 1.29 is 9.90 Å². The first kappa shape index (κ1) is 32.2. The molecule has 40 heavy (non-hydrogen) atoms. The van der Waals surface area contributed by atoms with Gasteiger partial charge in [0.05, 0.1) is 0 Å². The molecule has 0 aromatic carbocycles. The lowest BCUT2D eigenvalue weighted by atomic mass is 9.94. The summed E-state index contributed by atoms with van der Waals surface area (Å²) >= 11 is 0. The molecule has 0 atom stereocenters. The van der Waals surface area contributed by atoms with E-state index in [0.29, 0.717) is 17.9 Å². The molecule has 0 unspecified atom stereocenters. The summed E-state index contributed by atoms with van der Waals surface area (Å²) in [6, 6.07) is 3.60. The number of aromatic nitrogens is 3. The van der Waals surface area contributed by atoms with E-state index >= 15 is 0 Å². The molecule has 7 heteroatoms. The van der Waals surface area contributed by atoms with E-state index < -0.39 is 5.97 Å². The molecule has 0 fully saturated rings. The Morgan fingerprint density at radius 3 is 2.40 bits per heavy atom. The first-order valence-electron chi connectivity index (χ1n) is 13.9. The summed E-state index contributed by atoms with van der Waals surface area (Å²) in [7, 11) is 1.70. The van der Waals surface area contributed by atoms with Crippen LogP contribution in [-0.4, -0.2) is 37.1 Å². The minimum atomic E-state index is -0.929. The fraction of sp³-hybridized carbons (Fsp3) is 0.394. The van der Waals surface area contributed by atoms with Gasteiger partial charge in [0.25, 0.3) is 5.56 Å². The Labute approximate surface area is 239 Å². The first-order chi connectivity index (χ1) is 18.9. The Morgan fingerprint density at radius 1 is 1.10 bits per heavy atom. The molecule has 0 bridgehead atoms. The van der Waals surface area contributed by atoms with Crippen molar-refractivity contribution in [3.63, 3.8) is 0 Å². The molecule has 214 valence electrons. The Hall–Kier alpha value is -4.00. The zero-order valence-corrected chi connectivity index (χ0v) is 25.3. The van der Waals surface area contributed by atoms with Crippen molar-refractivity contribution in [2.24, 2.45) is 7.05 Å². The number of hydrogen-bond donors (Lipinski definition) is 1. The monoisotopic (exact) mass is 544 g/mol. The van der Waals surface area contributed by atoms with Crippen molar-refractivity contribution in [2.75, 3.05) is 6.54 Å². The van der Waals surface area contributed by atoms with Crippen LogP contribution in [0, 0.1) is 0 Å². The van der Waals surface area contributed by atoms with Crippen LogP contribution >= 0.6 is 0 Å². The summed E-state index contributed by atoms with van der Waals surface area (Å²) in [5, 5.41) is 9.36. The zero-order valence-electron chi connectivity index (χ0n) is 25.3. The summed E-state index contributed by atoms with van der Waals surface area (Å²) in [6.07, 6.45) is 12.1. The quantitative estimate of drug-likeness (QED) is 0.293. The highest BCUT2D eigenvalue weighted by Crippen LogP contribution is 2.29. The van der Waals surface area contributed by atoms with Crippen molar-refractivity contribution in [1.29, 1.82) is 0 Å². The van der Waals surface area contributed by atoms with Crippen LogP contribution in [-0.2, 0) is 24.8 Å². The van der Waals surface area contributed by atoms with Gasteiger partial charge >= 0.3 is 5.97 Å². The lowest BCUT2D eigenvalue weighted by Gasteiger charge is -2.32. The predicted octanol–water partition coefficient (Wildman–Crippen LogP) is 6.73. The maximum Gasteiger partial charge on any atom is 0.331 e. The predicted molar refractivity (Wildman–Crippen MR) is 165 cm³/mol. The largest absolute Gasteiger partial charge is 0.478 e. The SMILES string of the molecule is C=C(/C(C)=C\c1nccc(=O)n1C)N1CCc2ncc(/C(C=C(C)CC)=C(C)/C=C(\C)C(=O)O)cc2C1.CCC. The smallest absolute Gasteiger partial charge is 0.331 e. The Morgan fingerprint density at radius 2 is 1.77 bits per heavy atom. The van der Waals surface area contributed by atoms with Crippen molar-refractivity contribution in [1.82, 2.24) is 19.4 Å². The lowest BCUT2D eigenvalue weighted by molar-refractivity contribution is -0.132. The first-order valence-corrected chi connectivity index (χ1v) is 13.9. The fourth-order valence-corrected chi connectivity index (χ4v) is 4.19. The molecule has 0 amide bonds. The lowest BCUT2D eigenvalue weighted by Crippen LogP contribution is -2.30. The second kappa shape index (κ2) is 15.0. The van der Waals surface area contributed by atoms with Gasteiger partial charge in [-0.05, 0) is 74.6 Å². The average Bonchev–Trinajstić information content (AvgIpc) is 2.93. The van der Waals surface area contributed by atoms with Crippen LogP contribution in [0.1, 0.15) is 84.0 Å². The maximum atomic E-state index is 12.0. The fourth-order valence-electron chi connectivity index (χ4n) is 4.19. The van der Waals surface area contributed by atoms with Crippen LogP contribution in [0.25, 0.3) is 11.6 Å². The number of fused-ring (bicyclic) bond motifs is 1. The topological polar surface area (TPSA) is 88.3 Å². The van der Waals surface area contributed by atoms with Gasteiger partial charge in [0.15, 0.2) is 0 Å². The standard InChI is InChI=1S/C30H36N4O3.C3H8/c1-8-19(2)13-26(21(4)14-22(5)30(36)37)24-16-25-18-34(12-10-27(25)32-17-24)23(6)20(3)15-28-31-11-9-29(35)33(28)7;1-3-2/h9,11,13-17H,6,8,10,12,18H2,1-5,7H3,(H,36,37);3H2,1-2H3/b19-13?,20-15-,22-14+,26-21+;. The van der Waals surface area contributed by atoms with Gasteiger partial charge in [-0.2, -0.15) is 0 Å². The van der Waals surface area contributed by atoms with Crippen LogP contribution in [0.4, 0.5) is 0 Å². The highest BCUT2D eigenvalue weighted by Gasteiger charge is 2.20. The van der Waals surface area contributed by atoms with Crippen LogP contribution in [0.3, 0.4) is 0 Å². The van der Waals surface area contributed by atoms with Gasteiger partial charge in [0, 0.05) is 67.5 Å². The second-order valence-electron chi connectivity index (χ2n) is 10.3. The third-order valence-corrected chi connectivity index (χ3v) is 6.77. The molecule has 0 saturated carbocycles. The van der Waals surface area contributed by atoms with Crippen molar-refractivity contribution in [3.8, 4) is 0 Å². The molecular weight excluding hydrogens is 500 g/mol. The summed E-state index contributed by atoms with van der Waals surface area (Å²) in [5.41, 5.74) is 8.20. The molecule has 0 spiro atoms. The van der Waals surface area contributed by atoms with Gasteiger partial charge in [-0.3, -0.25) is 14.3 Å². The van der Waals surface area contributed by atoms with E-state index in [0.717, 1.165) is 58.6 Å². The molecule has 3 heterocycles.